The van der Waals surface area contributed by atoms with Crippen LogP contribution in [0.4, 0.5) is 4.79 Å². The van der Waals surface area contributed by atoms with Crippen LogP contribution in [0.3, 0.4) is 0 Å². The average molecular weight is 401 g/mol. The highest BCUT2D eigenvalue weighted by Gasteiger charge is 2.39. The van der Waals surface area contributed by atoms with Gasteiger partial charge in [0.15, 0.2) is 0 Å². The number of hydrogen-bond acceptors (Lipinski definition) is 3. The second-order valence-electron chi connectivity index (χ2n) is 7.75. The topological polar surface area (TPSA) is 41.6 Å². The highest BCUT2D eigenvalue weighted by atomic mass is 16.5. The Morgan fingerprint density at radius 1 is 0.867 bits per heavy atom. The van der Waals surface area contributed by atoms with Crippen molar-refractivity contribution in [1.29, 1.82) is 0 Å². The third kappa shape index (κ3) is 3.96. The Kier molecular flexibility index (Phi) is 6.15. The molecule has 0 aromatic heterocycles. The number of carbonyl (C=O) groups is 1. The number of benzene rings is 3. The van der Waals surface area contributed by atoms with E-state index in [0.29, 0.717) is 6.54 Å². The molecule has 1 N–H and O–H groups in total. The monoisotopic (exact) mass is 400 g/mol. The molecule has 1 atom stereocenters. The van der Waals surface area contributed by atoms with Crippen molar-refractivity contribution in [3.05, 3.63) is 108 Å². The zero-order valence-electron chi connectivity index (χ0n) is 17.3. The van der Waals surface area contributed by atoms with Crippen LogP contribution >= 0.6 is 0 Å². The fourth-order valence-electron chi connectivity index (χ4n) is 4.51. The predicted octanol–water partition coefficient (Wildman–Crippen LogP) is 4.80. The Labute approximate surface area is 178 Å². The highest BCUT2D eigenvalue weighted by molar-refractivity contribution is 5.67. The molecule has 154 valence electrons. The number of ether oxygens (including phenoxy) is 1. The maximum atomic E-state index is 12.2. The van der Waals surface area contributed by atoms with E-state index >= 15 is 0 Å². The van der Waals surface area contributed by atoms with Crippen LogP contribution in [0.15, 0.2) is 91.0 Å². The van der Waals surface area contributed by atoms with Gasteiger partial charge in [-0.05, 0) is 29.5 Å². The van der Waals surface area contributed by atoms with E-state index < -0.39 is 5.54 Å². The van der Waals surface area contributed by atoms with Gasteiger partial charge in [0.25, 0.3) is 0 Å². The van der Waals surface area contributed by atoms with Crippen molar-refractivity contribution in [3.8, 4) is 0 Å². The van der Waals surface area contributed by atoms with E-state index in [9.17, 15) is 4.79 Å². The Morgan fingerprint density at radius 3 is 1.77 bits per heavy atom. The van der Waals surface area contributed by atoms with Crippen molar-refractivity contribution in [2.45, 2.75) is 24.4 Å². The Balaban J connectivity index is 1.82. The number of methoxy groups -OCH3 is 1. The standard InChI is InChI=1S/C26H28N2O2/c1-30-25(29)28-19-11-18-24(20-28)27-26(21-12-5-2-6-13-21,22-14-7-3-8-15-22)23-16-9-4-10-17-23/h2-10,12-17,24,27H,11,18-20H2,1H3. The van der Waals surface area contributed by atoms with E-state index in [2.05, 4.69) is 78.1 Å². The fraction of sp³-hybridized carbons (Fsp3) is 0.269. The van der Waals surface area contributed by atoms with Gasteiger partial charge in [0, 0.05) is 19.1 Å². The number of nitrogens with one attached hydrogen (secondary N) is 1. The van der Waals surface area contributed by atoms with Gasteiger partial charge in [-0.1, -0.05) is 91.0 Å². The molecular weight excluding hydrogens is 372 g/mol. The summed E-state index contributed by atoms with van der Waals surface area (Å²) in [7, 11) is 1.45. The molecule has 1 saturated heterocycles. The molecule has 4 rings (SSSR count). The minimum atomic E-state index is -0.520. The van der Waals surface area contributed by atoms with Crippen molar-refractivity contribution in [2.75, 3.05) is 20.2 Å². The van der Waals surface area contributed by atoms with Gasteiger partial charge in [-0.2, -0.15) is 0 Å². The smallest absolute Gasteiger partial charge is 0.409 e. The van der Waals surface area contributed by atoms with Crippen molar-refractivity contribution < 1.29 is 9.53 Å². The first kappa shape index (κ1) is 20.2. The predicted molar refractivity (Wildman–Crippen MR) is 119 cm³/mol. The maximum absolute atomic E-state index is 12.2. The number of nitrogens with zero attached hydrogens (tertiary/aromatic N) is 1. The lowest BCUT2D eigenvalue weighted by Crippen LogP contribution is -2.56. The lowest BCUT2D eigenvalue weighted by atomic mass is 9.76. The molecule has 30 heavy (non-hydrogen) atoms. The molecule has 1 fully saturated rings. The van der Waals surface area contributed by atoms with Gasteiger partial charge >= 0.3 is 6.09 Å². The van der Waals surface area contributed by atoms with Crippen LogP contribution in [-0.2, 0) is 10.3 Å². The number of hydrogen-bond donors (Lipinski definition) is 1. The normalized spacial score (nSPS) is 16.8. The first-order valence-electron chi connectivity index (χ1n) is 10.5. The molecule has 3 aromatic carbocycles. The molecule has 0 spiro atoms. The fourth-order valence-corrected chi connectivity index (χ4v) is 4.51. The number of likely N-dealkylation sites (tertiary alicyclic amines) is 1. The molecule has 3 aromatic rings. The minimum Gasteiger partial charge on any atom is -0.453 e. The van der Waals surface area contributed by atoms with Crippen molar-refractivity contribution >= 4 is 6.09 Å². The largest absolute Gasteiger partial charge is 0.453 e. The minimum absolute atomic E-state index is 0.137. The van der Waals surface area contributed by atoms with Crippen LogP contribution in [0, 0.1) is 0 Å². The molecule has 0 aliphatic carbocycles. The van der Waals surface area contributed by atoms with E-state index in [1.165, 1.54) is 23.8 Å². The van der Waals surface area contributed by atoms with Gasteiger partial charge in [0.2, 0.25) is 0 Å². The summed E-state index contributed by atoms with van der Waals surface area (Å²) in [5, 5.41) is 3.98. The number of piperidine rings is 1. The third-order valence-corrected chi connectivity index (χ3v) is 5.90. The number of carbonyl (C=O) groups excluding carboxylic acids is 1. The molecule has 1 amide bonds. The quantitative estimate of drug-likeness (QED) is 0.626. The summed E-state index contributed by atoms with van der Waals surface area (Å²) in [5.41, 5.74) is 3.01. The highest BCUT2D eigenvalue weighted by Crippen LogP contribution is 2.37. The van der Waals surface area contributed by atoms with E-state index in [1.54, 1.807) is 4.90 Å². The van der Waals surface area contributed by atoms with E-state index in [0.717, 1.165) is 19.4 Å². The lowest BCUT2D eigenvalue weighted by molar-refractivity contribution is 0.104. The van der Waals surface area contributed by atoms with Gasteiger partial charge in [-0.3, -0.25) is 5.32 Å². The SMILES string of the molecule is COC(=O)N1CCCC(NC(c2ccccc2)(c2ccccc2)c2ccccc2)C1. The van der Waals surface area contributed by atoms with Crippen LogP contribution < -0.4 is 5.32 Å². The van der Waals surface area contributed by atoms with E-state index in [4.69, 9.17) is 4.74 Å². The summed E-state index contributed by atoms with van der Waals surface area (Å²) in [6.45, 7) is 1.36. The molecule has 1 aliphatic heterocycles. The van der Waals surface area contributed by atoms with Gasteiger partial charge in [0.05, 0.1) is 12.6 Å². The Hall–Kier alpha value is -3.11. The first-order valence-corrected chi connectivity index (χ1v) is 10.5. The second kappa shape index (κ2) is 9.14. The zero-order chi connectivity index (χ0) is 20.8. The lowest BCUT2D eigenvalue weighted by Gasteiger charge is -2.43. The summed E-state index contributed by atoms with van der Waals surface area (Å²) >= 11 is 0. The van der Waals surface area contributed by atoms with Gasteiger partial charge < -0.3 is 9.64 Å². The summed E-state index contributed by atoms with van der Waals surface area (Å²) in [5.74, 6) is 0. The average Bonchev–Trinajstić information content (AvgIpc) is 2.84. The van der Waals surface area contributed by atoms with Crippen molar-refractivity contribution in [2.24, 2.45) is 0 Å². The Morgan fingerprint density at radius 2 is 1.33 bits per heavy atom. The van der Waals surface area contributed by atoms with Crippen LogP contribution in [0.5, 0.6) is 0 Å². The zero-order valence-corrected chi connectivity index (χ0v) is 17.3. The van der Waals surface area contributed by atoms with E-state index in [1.807, 2.05) is 18.2 Å². The number of rotatable bonds is 5. The number of amides is 1. The second-order valence-corrected chi connectivity index (χ2v) is 7.75. The van der Waals surface area contributed by atoms with Crippen LogP contribution in [0.1, 0.15) is 29.5 Å². The molecule has 4 heteroatoms. The third-order valence-electron chi connectivity index (χ3n) is 5.90. The molecule has 1 unspecified atom stereocenters. The van der Waals surface area contributed by atoms with Crippen molar-refractivity contribution in [1.82, 2.24) is 10.2 Å². The van der Waals surface area contributed by atoms with Gasteiger partial charge in [0.1, 0.15) is 0 Å². The first-order chi connectivity index (χ1) is 14.7. The molecule has 0 radical (unpaired) electrons. The molecule has 1 aliphatic rings. The summed E-state index contributed by atoms with van der Waals surface area (Å²) < 4.78 is 4.98. The van der Waals surface area contributed by atoms with Crippen LogP contribution in [-0.4, -0.2) is 37.2 Å². The maximum Gasteiger partial charge on any atom is 0.409 e. The van der Waals surface area contributed by atoms with E-state index in [-0.39, 0.29) is 12.1 Å². The molecule has 0 bridgehead atoms. The molecule has 1 heterocycles. The van der Waals surface area contributed by atoms with Crippen LogP contribution in [0.2, 0.25) is 0 Å². The van der Waals surface area contributed by atoms with Gasteiger partial charge in [-0.25, -0.2) is 4.79 Å². The summed E-state index contributed by atoms with van der Waals surface area (Å²) in [6, 6.07) is 31.8. The Bertz CT molecular complexity index is 848. The molecule has 4 nitrogen and oxygen atoms in total. The molecule has 0 saturated carbocycles. The summed E-state index contributed by atoms with van der Waals surface area (Å²) in [4.78, 5) is 14.0. The van der Waals surface area contributed by atoms with Gasteiger partial charge in [-0.15, -0.1) is 0 Å². The molecular formula is C26H28N2O2. The van der Waals surface area contributed by atoms with Crippen molar-refractivity contribution in [3.63, 3.8) is 0 Å². The van der Waals surface area contributed by atoms with Crippen LogP contribution in [0.25, 0.3) is 0 Å². The summed E-state index contributed by atoms with van der Waals surface area (Å²) in [6.07, 6.45) is 1.69.